The SMILES string of the molecule is Cc1cnn(C)c1C(O)c1ncc[nH]1. The van der Waals surface area contributed by atoms with E-state index in [4.69, 9.17) is 0 Å². The molecule has 2 aromatic rings. The molecule has 74 valence electrons. The van der Waals surface area contributed by atoms with E-state index in [2.05, 4.69) is 15.1 Å². The number of hydrogen-bond donors (Lipinski definition) is 2. The summed E-state index contributed by atoms with van der Waals surface area (Å²) in [6.07, 6.45) is 4.29. The predicted octanol–water partition coefficient (Wildman–Crippen LogP) is 0.533. The van der Waals surface area contributed by atoms with Gasteiger partial charge in [0.1, 0.15) is 5.82 Å². The van der Waals surface area contributed by atoms with Gasteiger partial charge in [-0.15, -0.1) is 0 Å². The second kappa shape index (κ2) is 3.26. The number of aliphatic hydroxyl groups excluding tert-OH is 1. The molecule has 2 aromatic heterocycles. The topological polar surface area (TPSA) is 66.7 Å². The van der Waals surface area contributed by atoms with E-state index in [9.17, 15) is 5.11 Å². The lowest BCUT2D eigenvalue weighted by Crippen LogP contribution is -2.09. The number of aromatic nitrogens is 4. The minimum Gasteiger partial charge on any atom is -0.379 e. The van der Waals surface area contributed by atoms with Gasteiger partial charge in [0.05, 0.1) is 11.9 Å². The fourth-order valence-corrected chi connectivity index (χ4v) is 1.51. The number of H-pyrrole nitrogens is 1. The molecule has 1 atom stereocenters. The minimum atomic E-state index is -0.738. The number of nitrogens with one attached hydrogen (secondary N) is 1. The highest BCUT2D eigenvalue weighted by atomic mass is 16.3. The monoisotopic (exact) mass is 192 g/mol. The number of aliphatic hydroxyl groups is 1. The summed E-state index contributed by atoms with van der Waals surface area (Å²) in [5, 5.41) is 14.0. The van der Waals surface area contributed by atoms with Crippen LogP contribution < -0.4 is 0 Å². The quantitative estimate of drug-likeness (QED) is 0.729. The van der Waals surface area contributed by atoms with Gasteiger partial charge in [-0.05, 0) is 12.5 Å². The van der Waals surface area contributed by atoms with Crippen LogP contribution in [0.25, 0.3) is 0 Å². The lowest BCUT2D eigenvalue weighted by molar-refractivity contribution is 0.200. The van der Waals surface area contributed by atoms with Crippen LogP contribution in [0.2, 0.25) is 0 Å². The number of hydrogen-bond acceptors (Lipinski definition) is 3. The van der Waals surface area contributed by atoms with E-state index in [1.807, 2.05) is 6.92 Å². The zero-order valence-electron chi connectivity index (χ0n) is 8.10. The molecule has 2 heterocycles. The highest BCUT2D eigenvalue weighted by molar-refractivity contribution is 5.22. The van der Waals surface area contributed by atoms with Gasteiger partial charge in [0, 0.05) is 19.4 Å². The third-order valence-electron chi connectivity index (χ3n) is 2.21. The first kappa shape index (κ1) is 8.96. The van der Waals surface area contributed by atoms with E-state index in [-0.39, 0.29) is 0 Å². The van der Waals surface area contributed by atoms with Gasteiger partial charge in [0.15, 0.2) is 6.10 Å². The standard InChI is InChI=1S/C9H12N4O/c1-6-5-12-13(2)7(6)8(14)9-10-3-4-11-9/h3-5,8,14H,1-2H3,(H,10,11). The van der Waals surface area contributed by atoms with Crippen LogP contribution in [0.15, 0.2) is 18.6 Å². The van der Waals surface area contributed by atoms with Gasteiger partial charge in [0.25, 0.3) is 0 Å². The van der Waals surface area contributed by atoms with Gasteiger partial charge < -0.3 is 10.1 Å². The normalized spacial score (nSPS) is 13.1. The van der Waals surface area contributed by atoms with Crippen molar-refractivity contribution in [3.8, 4) is 0 Å². The first-order valence-corrected chi connectivity index (χ1v) is 4.36. The van der Waals surface area contributed by atoms with Gasteiger partial charge in [-0.3, -0.25) is 4.68 Å². The Hall–Kier alpha value is -1.62. The maximum Gasteiger partial charge on any atom is 0.153 e. The summed E-state index contributed by atoms with van der Waals surface area (Å²) in [6.45, 7) is 1.91. The first-order chi connectivity index (χ1) is 6.70. The molecule has 0 aliphatic heterocycles. The molecule has 0 spiro atoms. The van der Waals surface area contributed by atoms with E-state index in [0.29, 0.717) is 5.82 Å². The summed E-state index contributed by atoms with van der Waals surface area (Å²) in [4.78, 5) is 6.89. The Morgan fingerprint density at radius 3 is 2.86 bits per heavy atom. The van der Waals surface area contributed by atoms with Gasteiger partial charge in [-0.25, -0.2) is 4.98 Å². The minimum absolute atomic E-state index is 0.539. The molecule has 0 radical (unpaired) electrons. The fraction of sp³-hybridized carbons (Fsp3) is 0.333. The van der Waals surface area contributed by atoms with Crippen LogP contribution in [0, 0.1) is 6.92 Å². The first-order valence-electron chi connectivity index (χ1n) is 4.36. The number of aryl methyl sites for hydroxylation is 2. The molecular formula is C9H12N4O. The second-order valence-corrected chi connectivity index (χ2v) is 3.21. The van der Waals surface area contributed by atoms with E-state index in [1.165, 1.54) is 0 Å². The molecule has 14 heavy (non-hydrogen) atoms. The van der Waals surface area contributed by atoms with Crippen LogP contribution in [0.1, 0.15) is 23.2 Å². The molecule has 2 N–H and O–H groups in total. The Bertz CT molecular complexity index is 398. The van der Waals surface area contributed by atoms with E-state index < -0.39 is 6.10 Å². The maximum absolute atomic E-state index is 9.98. The lowest BCUT2D eigenvalue weighted by atomic mass is 10.1. The van der Waals surface area contributed by atoms with Crippen LogP contribution in [-0.2, 0) is 7.05 Å². The number of imidazole rings is 1. The van der Waals surface area contributed by atoms with Crippen molar-refractivity contribution in [1.82, 2.24) is 19.7 Å². The average Bonchev–Trinajstić information content (AvgIpc) is 2.75. The fourth-order valence-electron chi connectivity index (χ4n) is 1.51. The predicted molar refractivity (Wildman–Crippen MR) is 50.6 cm³/mol. The van der Waals surface area contributed by atoms with Crippen molar-refractivity contribution in [2.75, 3.05) is 0 Å². The van der Waals surface area contributed by atoms with Crippen molar-refractivity contribution in [3.63, 3.8) is 0 Å². The van der Waals surface area contributed by atoms with Crippen LogP contribution in [0.5, 0.6) is 0 Å². The third-order valence-corrected chi connectivity index (χ3v) is 2.21. The molecule has 0 amide bonds. The summed E-state index contributed by atoms with van der Waals surface area (Å²) in [7, 11) is 1.80. The van der Waals surface area contributed by atoms with Crippen LogP contribution in [-0.4, -0.2) is 24.9 Å². The van der Waals surface area contributed by atoms with E-state index in [0.717, 1.165) is 11.3 Å². The van der Waals surface area contributed by atoms with Crippen molar-refractivity contribution in [3.05, 3.63) is 35.7 Å². The molecule has 0 aromatic carbocycles. The molecule has 0 saturated heterocycles. The molecule has 1 unspecified atom stereocenters. The summed E-state index contributed by atoms with van der Waals surface area (Å²) in [5.41, 5.74) is 1.72. The number of aromatic amines is 1. The maximum atomic E-state index is 9.98. The Balaban J connectivity index is 2.41. The smallest absolute Gasteiger partial charge is 0.153 e. The van der Waals surface area contributed by atoms with Crippen molar-refractivity contribution < 1.29 is 5.11 Å². The van der Waals surface area contributed by atoms with Crippen LogP contribution in [0.3, 0.4) is 0 Å². The van der Waals surface area contributed by atoms with Crippen molar-refractivity contribution in [1.29, 1.82) is 0 Å². The molecule has 5 nitrogen and oxygen atoms in total. The summed E-state index contributed by atoms with van der Waals surface area (Å²) in [6, 6.07) is 0. The van der Waals surface area contributed by atoms with Gasteiger partial charge in [-0.1, -0.05) is 0 Å². The Kier molecular flexibility index (Phi) is 2.09. The van der Waals surface area contributed by atoms with Crippen LogP contribution in [0.4, 0.5) is 0 Å². The zero-order valence-corrected chi connectivity index (χ0v) is 8.10. The van der Waals surface area contributed by atoms with Gasteiger partial charge >= 0.3 is 0 Å². The van der Waals surface area contributed by atoms with E-state index >= 15 is 0 Å². The molecule has 0 aliphatic carbocycles. The Morgan fingerprint density at radius 1 is 1.57 bits per heavy atom. The average molecular weight is 192 g/mol. The molecule has 5 heteroatoms. The zero-order chi connectivity index (χ0) is 10.1. The summed E-state index contributed by atoms with van der Waals surface area (Å²) >= 11 is 0. The van der Waals surface area contributed by atoms with Crippen molar-refractivity contribution in [2.24, 2.45) is 7.05 Å². The molecule has 0 fully saturated rings. The van der Waals surface area contributed by atoms with Gasteiger partial charge in [0.2, 0.25) is 0 Å². The molecule has 0 aliphatic rings. The Labute approximate surface area is 81.4 Å². The number of nitrogens with zero attached hydrogens (tertiary/aromatic N) is 3. The summed E-state index contributed by atoms with van der Waals surface area (Å²) in [5.74, 6) is 0.539. The number of rotatable bonds is 2. The highest BCUT2D eigenvalue weighted by Gasteiger charge is 2.18. The second-order valence-electron chi connectivity index (χ2n) is 3.21. The lowest BCUT2D eigenvalue weighted by Gasteiger charge is -2.09. The van der Waals surface area contributed by atoms with Gasteiger partial charge in [-0.2, -0.15) is 5.10 Å². The Morgan fingerprint density at radius 2 is 2.36 bits per heavy atom. The highest BCUT2D eigenvalue weighted by Crippen LogP contribution is 2.20. The molecule has 2 rings (SSSR count). The van der Waals surface area contributed by atoms with Crippen molar-refractivity contribution in [2.45, 2.75) is 13.0 Å². The molecule has 0 bridgehead atoms. The van der Waals surface area contributed by atoms with E-state index in [1.54, 1.807) is 30.3 Å². The molecule has 0 saturated carbocycles. The molecular weight excluding hydrogens is 180 g/mol. The summed E-state index contributed by atoms with van der Waals surface area (Å²) < 4.78 is 1.66. The third kappa shape index (κ3) is 1.31. The van der Waals surface area contributed by atoms with Crippen LogP contribution >= 0.6 is 0 Å². The van der Waals surface area contributed by atoms with Crippen molar-refractivity contribution >= 4 is 0 Å². The largest absolute Gasteiger partial charge is 0.379 e.